The number of pyridine rings is 2. The van der Waals surface area contributed by atoms with Crippen molar-refractivity contribution >= 4 is 27.3 Å². The second-order valence-electron chi connectivity index (χ2n) is 5.91. The highest BCUT2D eigenvalue weighted by molar-refractivity contribution is 6.14. The predicted molar refractivity (Wildman–Crippen MR) is 94.6 cm³/mol. The van der Waals surface area contributed by atoms with Gasteiger partial charge in [0.15, 0.2) is 5.75 Å². The van der Waals surface area contributed by atoms with Crippen LogP contribution in [0.25, 0.3) is 27.3 Å². The average Bonchev–Trinajstić information content (AvgIpc) is 2.95. The van der Waals surface area contributed by atoms with Crippen molar-refractivity contribution in [3.8, 4) is 11.5 Å². The lowest BCUT2D eigenvalue weighted by Gasteiger charge is -2.16. The Morgan fingerprint density at radius 3 is 2.71 bits per heavy atom. The summed E-state index contributed by atoms with van der Waals surface area (Å²) >= 11 is 0. The van der Waals surface area contributed by atoms with Gasteiger partial charge in [-0.15, -0.1) is 0 Å². The third kappa shape index (κ3) is 1.87. The van der Waals surface area contributed by atoms with E-state index < -0.39 is 0 Å². The van der Waals surface area contributed by atoms with Gasteiger partial charge < -0.3 is 9.47 Å². The molecule has 0 aliphatic carbocycles. The highest BCUT2D eigenvalue weighted by Crippen LogP contribution is 2.37. The van der Waals surface area contributed by atoms with E-state index in [0.717, 1.165) is 28.2 Å². The zero-order chi connectivity index (χ0) is 16.8. The summed E-state index contributed by atoms with van der Waals surface area (Å²) < 4.78 is 13.1. The first kappa shape index (κ1) is 14.8. The molecule has 0 bridgehead atoms. The standard InChI is InChI=1S/C19H18N2O3/c1-4-11(2)24-18-17(23-3)15-16-13(9-10-20-15)12-7-5-6-8-14(12)21(16)19(18)22/h5-11H,4H2,1-3H3. The first-order chi connectivity index (χ1) is 11.7. The fourth-order valence-corrected chi connectivity index (χ4v) is 3.18. The maximum atomic E-state index is 13.2. The van der Waals surface area contributed by atoms with Crippen molar-refractivity contribution in [3.63, 3.8) is 0 Å². The second-order valence-corrected chi connectivity index (χ2v) is 5.91. The lowest BCUT2D eigenvalue weighted by Crippen LogP contribution is -2.21. The molecular formula is C19H18N2O3. The highest BCUT2D eigenvalue weighted by Gasteiger charge is 2.24. The van der Waals surface area contributed by atoms with Crippen LogP contribution in [-0.2, 0) is 0 Å². The molecule has 0 spiro atoms. The molecule has 0 N–H and O–H groups in total. The number of methoxy groups -OCH3 is 1. The largest absolute Gasteiger partial charge is 0.491 e. The number of para-hydroxylation sites is 1. The lowest BCUT2D eigenvalue weighted by atomic mass is 10.2. The molecule has 24 heavy (non-hydrogen) atoms. The fraction of sp³-hybridized carbons (Fsp3) is 0.263. The number of nitrogens with zero attached hydrogens (tertiary/aromatic N) is 2. The summed E-state index contributed by atoms with van der Waals surface area (Å²) in [4.78, 5) is 17.6. The summed E-state index contributed by atoms with van der Waals surface area (Å²) in [6, 6.07) is 9.78. The van der Waals surface area contributed by atoms with E-state index in [2.05, 4.69) is 4.98 Å². The highest BCUT2D eigenvalue weighted by atomic mass is 16.5. The predicted octanol–water partition coefficient (Wildman–Crippen LogP) is 3.62. The van der Waals surface area contributed by atoms with Gasteiger partial charge in [-0.3, -0.25) is 14.2 Å². The van der Waals surface area contributed by atoms with Crippen molar-refractivity contribution in [1.29, 1.82) is 0 Å². The molecule has 0 aliphatic rings. The summed E-state index contributed by atoms with van der Waals surface area (Å²) in [5, 5.41) is 2.01. The maximum Gasteiger partial charge on any atom is 0.302 e. The number of fused-ring (bicyclic) bond motifs is 3. The van der Waals surface area contributed by atoms with Gasteiger partial charge in [-0.1, -0.05) is 25.1 Å². The van der Waals surface area contributed by atoms with Crippen LogP contribution in [0, 0.1) is 0 Å². The summed E-state index contributed by atoms with van der Waals surface area (Å²) in [6.07, 6.45) is 2.45. The van der Waals surface area contributed by atoms with E-state index in [9.17, 15) is 4.79 Å². The Morgan fingerprint density at radius 2 is 1.96 bits per heavy atom. The number of hydrogen-bond acceptors (Lipinski definition) is 4. The third-order valence-corrected chi connectivity index (χ3v) is 4.50. The number of hydrogen-bond donors (Lipinski definition) is 0. The molecule has 1 aromatic carbocycles. The fourth-order valence-electron chi connectivity index (χ4n) is 3.18. The van der Waals surface area contributed by atoms with Crippen LogP contribution in [-0.4, -0.2) is 22.6 Å². The molecule has 3 heterocycles. The normalized spacial score (nSPS) is 13.0. The van der Waals surface area contributed by atoms with Crippen LogP contribution in [0.1, 0.15) is 20.3 Å². The topological polar surface area (TPSA) is 52.8 Å². The first-order valence-corrected chi connectivity index (χ1v) is 8.05. The van der Waals surface area contributed by atoms with E-state index in [1.54, 1.807) is 17.7 Å². The van der Waals surface area contributed by atoms with E-state index >= 15 is 0 Å². The molecule has 5 heteroatoms. The van der Waals surface area contributed by atoms with Gasteiger partial charge >= 0.3 is 5.56 Å². The maximum absolute atomic E-state index is 13.2. The Bertz CT molecular complexity index is 1100. The van der Waals surface area contributed by atoms with E-state index in [-0.39, 0.29) is 17.4 Å². The first-order valence-electron chi connectivity index (χ1n) is 8.05. The van der Waals surface area contributed by atoms with Gasteiger partial charge in [0.1, 0.15) is 5.52 Å². The Balaban J connectivity index is 2.24. The van der Waals surface area contributed by atoms with Gasteiger partial charge in [0.05, 0.1) is 24.2 Å². The minimum atomic E-state index is -0.209. The van der Waals surface area contributed by atoms with Crippen LogP contribution < -0.4 is 15.0 Å². The second kappa shape index (κ2) is 5.37. The van der Waals surface area contributed by atoms with Gasteiger partial charge in [-0.2, -0.15) is 0 Å². The third-order valence-electron chi connectivity index (χ3n) is 4.50. The van der Waals surface area contributed by atoms with Crippen LogP contribution in [0.5, 0.6) is 11.5 Å². The molecule has 3 aromatic heterocycles. The van der Waals surface area contributed by atoms with Crippen molar-refractivity contribution in [3.05, 3.63) is 46.9 Å². The molecule has 122 valence electrons. The zero-order valence-electron chi connectivity index (χ0n) is 13.9. The average molecular weight is 322 g/mol. The van der Waals surface area contributed by atoms with Crippen molar-refractivity contribution < 1.29 is 9.47 Å². The van der Waals surface area contributed by atoms with Crippen molar-refractivity contribution in [2.24, 2.45) is 0 Å². The van der Waals surface area contributed by atoms with Gasteiger partial charge in [0, 0.05) is 17.0 Å². The SMILES string of the molecule is CCC(C)Oc1c(OC)c2nccc3c4ccccc4n(c1=O)c23. The van der Waals surface area contributed by atoms with Gasteiger partial charge in [-0.25, -0.2) is 0 Å². The van der Waals surface area contributed by atoms with Gasteiger partial charge in [0.25, 0.3) is 0 Å². The van der Waals surface area contributed by atoms with Gasteiger partial charge in [-0.05, 0) is 25.5 Å². The summed E-state index contributed by atoms with van der Waals surface area (Å²) in [6.45, 7) is 3.95. The molecule has 4 rings (SSSR count). The Labute approximate surface area is 138 Å². The van der Waals surface area contributed by atoms with Gasteiger partial charge in [0.2, 0.25) is 5.75 Å². The minimum Gasteiger partial charge on any atom is -0.491 e. The quantitative estimate of drug-likeness (QED) is 0.576. The zero-order valence-corrected chi connectivity index (χ0v) is 13.9. The molecule has 0 aliphatic heterocycles. The number of benzene rings is 1. The lowest BCUT2D eigenvalue weighted by molar-refractivity contribution is 0.205. The summed E-state index contributed by atoms with van der Waals surface area (Å²) in [5.41, 5.74) is 2.06. The van der Waals surface area contributed by atoms with Crippen LogP contribution >= 0.6 is 0 Å². The number of ether oxygens (including phenoxy) is 2. The summed E-state index contributed by atoms with van der Waals surface area (Å²) in [7, 11) is 1.54. The number of rotatable bonds is 4. The monoisotopic (exact) mass is 322 g/mol. The smallest absolute Gasteiger partial charge is 0.302 e. The minimum absolute atomic E-state index is 0.0864. The molecule has 0 radical (unpaired) electrons. The van der Waals surface area contributed by atoms with E-state index in [4.69, 9.17) is 9.47 Å². The molecule has 0 saturated carbocycles. The molecule has 1 unspecified atom stereocenters. The van der Waals surface area contributed by atoms with Crippen molar-refractivity contribution in [2.75, 3.05) is 7.11 Å². The molecule has 4 aromatic rings. The number of aromatic nitrogens is 2. The molecule has 0 fully saturated rings. The Kier molecular flexibility index (Phi) is 3.30. The molecule has 1 atom stereocenters. The van der Waals surface area contributed by atoms with Crippen molar-refractivity contribution in [2.45, 2.75) is 26.4 Å². The van der Waals surface area contributed by atoms with Crippen LogP contribution in [0.3, 0.4) is 0 Å². The molecule has 5 nitrogen and oxygen atoms in total. The van der Waals surface area contributed by atoms with Crippen molar-refractivity contribution in [1.82, 2.24) is 9.38 Å². The molecule has 0 amide bonds. The van der Waals surface area contributed by atoms with E-state index in [1.807, 2.05) is 44.2 Å². The van der Waals surface area contributed by atoms with Crippen LogP contribution in [0.2, 0.25) is 0 Å². The van der Waals surface area contributed by atoms with Crippen LogP contribution in [0.4, 0.5) is 0 Å². The van der Waals surface area contributed by atoms with E-state index in [0.29, 0.717) is 11.3 Å². The Morgan fingerprint density at radius 1 is 1.17 bits per heavy atom. The summed E-state index contributed by atoms with van der Waals surface area (Å²) in [5.74, 6) is 0.627. The molecule has 0 saturated heterocycles. The molecular weight excluding hydrogens is 304 g/mol. The van der Waals surface area contributed by atoms with E-state index in [1.165, 1.54) is 0 Å². The Hall–Kier alpha value is -2.82. The van der Waals surface area contributed by atoms with Crippen LogP contribution in [0.15, 0.2) is 41.3 Å².